The van der Waals surface area contributed by atoms with Gasteiger partial charge in [0.25, 0.3) is 11.5 Å². The Morgan fingerprint density at radius 3 is 2.67 bits per heavy atom. The molecule has 3 aromatic rings. The average Bonchev–Trinajstić information content (AvgIpc) is 2.67. The Morgan fingerprint density at radius 2 is 1.93 bits per heavy atom. The van der Waals surface area contributed by atoms with E-state index in [4.69, 9.17) is 23.2 Å². The summed E-state index contributed by atoms with van der Waals surface area (Å²) in [6.45, 7) is 0.261. The van der Waals surface area contributed by atoms with Crippen molar-refractivity contribution in [1.29, 1.82) is 0 Å². The fourth-order valence-corrected chi connectivity index (χ4v) is 2.66. The molecule has 2 aromatic heterocycles. The van der Waals surface area contributed by atoms with Gasteiger partial charge in [-0.15, -0.1) is 0 Å². The van der Waals surface area contributed by atoms with Crippen LogP contribution in [0.3, 0.4) is 0 Å². The summed E-state index contributed by atoms with van der Waals surface area (Å²) in [4.78, 5) is 28.7. The van der Waals surface area contributed by atoms with E-state index in [1.54, 1.807) is 55.0 Å². The van der Waals surface area contributed by atoms with Gasteiger partial charge in [-0.25, -0.2) is 5.43 Å². The summed E-state index contributed by atoms with van der Waals surface area (Å²) in [5.41, 5.74) is 3.48. The Kier molecular flexibility index (Phi) is 6.01. The number of rotatable bonds is 5. The van der Waals surface area contributed by atoms with Crippen molar-refractivity contribution in [3.63, 3.8) is 0 Å². The predicted octanol–water partition coefficient (Wildman–Crippen LogP) is 3.36. The van der Waals surface area contributed by atoms with Gasteiger partial charge < -0.3 is 4.57 Å². The summed E-state index contributed by atoms with van der Waals surface area (Å²) in [6, 6.07) is 11.7. The highest BCUT2D eigenvalue weighted by Crippen LogP contribution is 2.22. The normalized spacial score (nSPS) is 10.9. The first-order valence-electron chi connectivity index (χ1n) is 7.91. The summed E-state index contributed by atoms with van der Waals surface area (Å²) in [5.74, 6) is -0.589. The van der Waals surface area contributed by atoms with Gasteiger partial charge in [-0.05, 0) is 47.5 Å². The van der Waals surface area contributed by atoms with Crippen LogP contribution in [0.4, 0.5) is 0 Å². The molecule has 27 heavy (non-hydrogen) atoms. The standard InChI is InChI=1S/C19H14Cl2N4O2/c20-16-4-3-14(10-17(16)21)12-25-9-1-2-15(19(25)27)18(26)24-23-11-13-5-7-22-8-6-13/h1-11H,12H2,(H,24,26)/b23-11-. The van der Waals surface area contributed by atoms with Gasteiger partial charge >= 0.3 is 0 Å². The van der Waals surface area contributed by atoms with Crippen molar-refractivity contribution in [2.75, 3.05) is 0 Å². The van der Waals surface area contributed by atoms with Gasteiger partial charge in [-0.3, -0.25) is 14.6 Å². The third-order valence-electron chi connectivity index (χ3n) is 3.69. The van der Waals surface area contributed by atoms with Gasteiger partial charge in [0.2, 0.25) is 0 Å². The number of amides is 1. The lowest BCUT2D eigenvalue weighted by Crippen LogP contribution is -2.30. The van der Waals surface area contributed by atoms with E-state index in [1.807, 2.05) is 0 Å². The maximum absolute atomic E-state index is 12.6. The van der Waals surface area contributed by atoms with Crippen LogP contribution in [0.25, 0.3) is 0 Å². The van der Waals surface area contributed by atoms with Crippen molar-refractivity contribution in [2.24, 2.45) is 5.10 Å². The molecule has 0 unspecified atom stereocenters. The van der Waals surface area contributed by atoms with Gasteiger partial charge in [-0.1, -0.05) is 29.3 Å². The number of benzene rings is 1. The molecule has 3 rings (SSSR count). The number of nitrogens with zero attached hydrogens (tertiary/aromatic N) is 3. The molecular formula is C19H14Cl2N4O2. The molecule has 2 heterocycles. The Balaban J connectivity index is 1.75. The third kappa shape index (κ3) is 4.81. The molecule has 6 nitrogen and oxygen atoms in total. The Bertz CT molecular complexity index is 1050. The third-order valence-corrected chi connectivity index (χ3v) is 4.43. The predicted molar refractivity (Wildman–Crippen MR) is 106 cm³/mol. The second-order valence-electron chi connectivity index (χ2n) is 5.58. The van der Waals surface area contributed by atoms with Crippen molar-refractivity contribution >= 4 is 35.3 Å². The molecule has 0 spiro atoms. The molecule has 8 heteroatoms. The van der Waals surface area contributed by atoms with Gasteiger partial charge in [0.1, 0.15) is 5.56 Å². The fraction of sp³-hybridized carbons (Fsp3) is 0.0526. The second kappa shape index (κ2) is 8.62. The number of carbonyl (C=O) groups is 1. The quantitative estimate of drug-likeness (QED) is 0.526. The van der Waals surface area contributed by atoms with Crippen molar-refractivity contribution in [1.82, 2.24) is 15.0 Å². The van der Waals surface area contributed by atoms with E-state index in [0.29, 0.717) is 10.0 Å². The van der Waals surface area contributed by atoms with E-state index >= 15 is 0 Å². The van der Waals surface area contributed by atoms with Gasteiger partial charge in [0.15, 0.2) is 0 Å². The largest absolute Gasteiger partial charge is 0.310 e. The monoisotopic (exact) mass is 400 g/mol. The van der Waals surface area contributed by atoms with Gasteiger partial charge in [-0.2, -0.15) is 5.10 Å². The van der Waals surface area contributed by atoms with E-state index in [0.717, 1.165) is 11.1 Å². The first-order chi connectivity index (χ1) is 13.0. The summed E-state index contributed by atoms with van der Waals surface area (Å²) in [7, 11) is 0. The molecular weight excluding hydrogens is 387 g/mol. The van der Waals surface area contributed by atoms with Crippen LogP contribution in [-0.2, 0) is 6.54 Å². The van der Waals surface area contributed by atoms with Crippen LogP contribution in [0.1, 0.15) is 21.5 Å². The highest BCUT2D eigenvalue weighted by Gasteiger charge is 2.12. The lowest BCUT2D eigenvalue weighted by Gasteiger charge is -2.08. The number of halogens is 2. The summed E-state index contributed by atoms with van der Waals surface area (Å²) in [5, 5.41) is 4.70. The molecule has 0 aliphatic rings. The number of hydrogen-bond acceptors (Lipinski definition) is 4. The Morgan fingerprint density at radius 1 is 1.15 bits per heavy atom. The molecule has 0 aliphatic carbocycles. The van der Waals surface area contributed by atoms with Crippen molar-refractivity contribution in [3.05, 3.63) is 98.1 Å². The minimum absolute atomic E-state index is 0.00978. The number of pyridine rings is 2. The number of hydrazone groups is 1. The van der Waals surface area contributed by atoms with Crippen LogP contribution in [0.2, 0.25) is 10.0 Å². The smallest absolute Gasteiger partial charge is 0.276 e. The van der Waals surface area contributed by atoms with Crippen molar-refractivity contribution < 1.29 is 4.79 Å². The lowest BCUT2D eigenvalue weighted by molar-refractivity contribution is 0.0953. The molecule has 0 saturated heterocycles. The van der Waals surface area contributed by atoms with Gasteiger partial charge in [0.05, 0.1) is 22.8 Å². The molecule has 1 amide bonds. The van der Waals surface area contributed by atoms with Crippen LogP contribution in [0.15, 0.2) is 71.0 Å². The molecule has 0 fully saturated rings. The van der Waals surface area contributed by atoms with E-state index in [-0.39, 0.29) is 12.1 Å². The number of nitrogens with one attached hydrogen (secondary N) is 1. The molecule has 0 radical (unpaired) electrons. The molecule has 1 N–H and O–H groups in total. The van der Waals surface area contributed by atoms with E-state index in [9.17, 15) is 9.59 Å². The SMILES string of the molecule is O=C(N/N=C\c1ccncc1)c1cccn(Cc2ccc(Cl)c(Cl)c2)c1=O. The van der Waals surface area contributed by atoms with Crippen molar-refractivity contribution in [2.45, 2.75) is 6.54 Å². The zero-order valence-electron chi connectivity index (χ0n) is 14.0. The zero-order valence-corrected chi connectivity index (χ0v) is 15.5. The average molecular weight is 401 g/mol. The van der Waals surface area contributed by atoms with Crippen LogP contribution >= 0.6 is 23.2 Å². The molecule has 136 valence electrons. The Hall–Kier alpha value is -2.96. The Labute approximate surface area is 165 Å². The van der Waals surface area contributed by atoms with E-state index in [1.165, 1.54) is 16.8 Å². The molecule has 0 saturated carbocycles. The number of hydrogen-bond donors (Lipinski definition) is 1. The van der Waals surface area contributed by atoms with Gasteiger partial charge in [0, 0.05) is 18.6 Å². The summed E-state index contributed by atoms with van der Waals surface area (Å²) < 4.78 is 1.42. The summed E-state index contributed by atoms with van der Waals surface area (Å²) >= 11 is 11.9. The molecule has 0 aliphatic heterocycles. The highest BCUT2D eigenvalue weighted by atomic mass is 35.5. The zero-order chi connectivity index (χ0) is 19.2. The molecule has 1 aromatic carbocycles. The minimum Gasteiger partial charge on any atom is -0.310 e. The number of aromatic nitrogens is 2. The lowest BCUT2D eigenvalue weighted by atomic mass is 10.2. The molecule has 0 bridgehead atoms. The van der Waals surface area contributed by atoms with Crippen LogP contribution in [-0.4, -0.2) is 21.7 Å². The first kappa shape index (κ1) is 18.8. The fourth-order valence-electron chi connectivity index (χ4n) is 2.34. The maximum Gasteiger partial charge on any atom is 0.276 e. The maximum atomic E-state index is 12.6. The van der Waals surface area contributed by atoms with E-state index in [2.05, 4.69) is 15.5 Å². The topological polar surface area (TPSA) is 76.3 Å². The minimum atomic E-state index is -0.589. The number of carbonyl (C=O) groups excluding carboxylic acids is 1. The first-order valence-corrected chi connectivity index (χ1v) is 8.67. The summed E-state index contributed by atoms with van der Waals surface area (Å²) in [6.07, 6.45) is 6.29. The van der Waals surface area contributed by atoms with Crippen LogP contribution < -0.4 is 11.0 Å². The molecule has 0 atom stereocenters. The van der Waals surface area contributed by atoms with Crippen LogP contribution in [0.5, 0.6) is 0 Å². The highest BCUT2D eigenvalue weighted by molar-refractivity contribution is 6.42. The van der Waals surface area contributed by atoms with E-state index < -0.39 is 11.5 Å². The van der Waals surface area contributed by atoms with Crippen LogP contribution in [0, 0.1) is 0 Å². The van der Waals surface area contributed by atoms with Crippen molar-refractivity contribution in [3.8, 4) is 0 Å². The second-order valence-corrected chi connectivity index (χ2v) is 6.40.